The van der Waals surface area contributed by atoms with Crippen molar-refractivity contribution >= 4 is 11.7 Å². The largest absolute Gasteiger partial charge is 0.467 e. The number of aliphatic imine (C=N–C) groups is 1. The van der Waals surface area contributed by atoms with Crippen LogP contribution in [0.15, 0.2) is 16.8 Å². The van der Waals surface area contributed by atoms with Crippen LogP contribution in [-0.4, -0.2) is 131 Å². The molecule has 4 rings (SSSR count). The van der Waals surface area contributed by atoms with Gasteiger partial charge in [0.1, 0.15) is 35.3 Å². The van der Waals surface area contributed by atoms with E-state index in [0.29, 0.717) is 18.7 Å². The van der Waals surface area contributed by atoms with E-state index in [4.69, 9.17) is 41.9 Å². The van der Waals surface area contributed by atoms with Crippen LogP contribution in [0, 0.1) is 5.92 Å². The fraction of sp³-hybridized carbons (Fsp3) is 0.852. The molecule has 0 aromatic carbocycles. The molecule has 0 amide bonds. The lowest BCUT2D eigenvalue weighted by Crippen LogP contribution is -2.67. The van der Waals surface area contributed by atoms with E-state index >= 15 is 0 Å². The van der Waals surface area contributed by atoms with Crippen LogP contribution in [0.5, 0.6) is 0 Å². The summed E-state index contributed by atoms with van der Waals surface area (Å²) in [4.78, 5) is 17.2. The summed E-state index contributed by atoms with van der Waals surface area (Å²) in [7, 11) is 1.58. The minimum absolute atomic E-state index is 0.0609. The van der Waals surface area contributed by atoms with Gasteiger partial charge in [0.2, 0.25) is 6.29 Å². The Morgan fingerprint density at radius 3 is 2.49 bits per heavy atom. The first-order valence-electron chi connectivity index (χ1n) is 14.8. The molecule has 13 atom stereocenters. The zero-order chi connectivity index (χ0) is 31.7. The summed E-state index contributed by atoms with van der Waals surface area (Å²) in [5, 5.41) is 50.3. The van der Waals surface area contributed by atoms with Crippen LogP contribution in [0.2, 0.25) is 0 Å². The highest BCUT2D eigenvalue weighted by Crippen LogP contribution is 2.43. The second-order valence-corrected chi connectivity index (χ2v) is 12.3. The molecule has 43 heavy (non-hydrogen) atoms. The molecule has 0 aromatic heterocycles. The normalized spacial score (nSPS) is 44.7. The molecule has 246 valence electrons. The molecule has 0 bridgehead atoms. The number of nitrogens with zero attached hydrogens (tertiary/aromatic N) is 1. The first-order chi connectivity index (χ1) is 20.2. The monoisotopic (exact) mass is 615 g/mol. The van der Waals surface area contributed by atoms with E-state index in [2.05, 4.69) is 15.6 Å². The van der Waals surface area contributed by atoms with E-state index in [0.717, 1.165) is 6.54 Å². The van der Waals surface area contributed by atoms with Gasteiger partial charge in [0.05, 0.1) is 37.4 Å². The molecule has 16 heteroatoms. The zero-order valence-electron chi connectivity index (χ0n) is 25.0. The van der Waals surface area contributed by atoms with Gasteiger partial charge in [0.25, 0.3) is 0 Å². The molecule has 14 N–H and O–H groups in total. The summed E-state index contributed by atoms with van der Waals surface area (Å²) in [6, 6.07) is -2.87. The van der Waals surface area contributed by atoms with Crippen LogP contribution < -0.4 is 33.6 Å². The van der Waals surface area contributed by atoms with Crippen LogP contribution in [-0.2, 0) is 23.7 Å². The third-order valence-corrected chi connectivity index (χ3v) is 8.77. The summed E-state index contributed by atoms with van der Waals surface area (Å²) in [5.74, 6) is -0.828. The molecule has 2 aliphatic heterocycles. The second-order valence-electron chi connectivity index (χ2n) is 12.3. The number of guanidine groups is 1. The Bertz CT molecular complexity index is 1040. The van der Waals surface area contributed by atoms with Crippen LogP contribution in [0.3, 0.4) is 0 Å². The van der Waals surface area contributed by atoms with Gasteiger partial charge in [-0.1, -0.05) is 6.92 Å². The van der Waals surface area contributed by atoms with Crippen molar-refractivity contribution in [3.63, 3.8) is 0 Å². The quantitative estimate of drug-likeness (QED) is 0.0736. The SMILES string of the molecule is CCNCC1=CC[C@@H](N)[C@@H](OC2[C@@H](N)C[C@@H](CC(=O)C3(O)CC3N=C(N)N)[C@H](O[C@H]3OC[C@](C)(O)[C@H](NC)[C@H]3O)[C@H]2O)O1. The standard InChI is InChI=1S/C27H49N7O9/c1-4-33-10-13-5-6-14(28)23(41-13)43-21-15(29)7-12(8-17(35)27(39)9-16(27)34-25(30)31)20(18(21)36)42-24-19(37)22(32-3)26(2,38)11-40-24/h5,12,14-16,18-24,32-33,36-39H,4,6-11,28-29H2,1-3H3,(H4,30,31,34)/t12-,14+,15-,16?,18+,19+,20-,21?,22+,23+,24+,26-,27?/m0/s1. The van der Waals surface area contributed by atoms with Crippen molar-refractivity contribution in [2.75, 3.05) is 26.7 Å². The maximum Gasteiger partial charge on any atom is 0.215 e. The van der Waals surface area contributed by atoms with Crippen molar-refractivity contribution < 1.29 is 44.2 Å². The number of aliphatic hydroxyl groups is 4. The maximum absolute atomic E-state index is 13.3. The second kappa shape index (κ2) is 13.6. The Hall–Kier alpha value is -1.96. The predicted octanol–water partition coefficient (Wildman–Crippen LogP) is -4.18. The van der Waals surface area contributed by atoms with E-state index < -0.39 is 84.1 Å². The molecule has 3 unspecified atom stereocenters. The van der Waals surface area contributed by atoms with Crippen LogP contribution in [0.1, 0.15) is 39.5 Å². The highest BCUT2D eigenvalue weighted by molar-refractivity contribution is 5.92. The van der Waals surface area contributed by atoms with Crippen molar-refractivity contribution in [3.05, 3.63) is 11.8 Å². The van der Waals surface area contributed by atoms with Crippen molar-refractivity contribution in [2.45, 2.75) is 112 Å². The van der Waals surface area contributed by atoms with Gasteiger partial charge in [0, 0.05) is 18.9 Å². The third kappa shape index (κ3) is 7.48. The number of hydrogen-bond donors (Lipinski definition) is 10. The lowest BCUT2D eigenvalue weighted by Gasteiger charge is -2.48. The van der Waals surface area contributed by atoms with Crippen LogP contribution in [0.25, 0.3) is 0 Å². The van der Waals surface area contributed by atoms with Gasteiger partial charge in [-0.25, -0.2) is 4.99 Å². The zero-order valence-corrected chi connectivity index (χ0v) is 25.0. The lowest BCUT2D eigenvalue weighted by molar-refractivity contribution is -0.308. The molecule has 1 saturated heterocycles. The number of aliphatic hydroxyl groups excluding tert-OH is 2. The van der Waals surface area contributed by atoms with E-state index in [1.807, 2.05) is 13.0 Å². The van der Waals surface area contributed by atoms with Crippen LogP contribution >= 0.6 is 0 Å². The van der Waals surface area contributed by atoms with Crippen molar-refractivity contribution in [3.8, 4) is 0 Å². The third-order valence-electron chi connectivity index (χ3n) is 8.77. The molecule has 0 radical (unpaired) electrons. The summed E-state index contributed by atoms with van der Waals surface area (Å²) in [6.45, 7) is 4.54. The number of likely N-dealkylation sites (N-methyl/N-ethyl adjacent to an activating group) is 2. The van der Waals surface area contributed by atoms with E-state index in [-0.39, 0.29) is 31.8 Å². The predicted molar refractivity (Wildman–Crippen MR) is 154 cm³/mol. The summed E-state index contributed by atoms with van der Waals surface area (Å²) < 4.78 is 24.0. The van der Waals surface area contributed by atoms with Gasteiger partial charge in [-0.05, 0) is 45.4 Å². The number of carbonyl (C=O) groups excluding carboxylic acids is 1. The van der Waals surface area contributed by atoms with E-state index in [1.54, 1.807) is 7.05 Å². The average Bonchev–Trinajstić information content (AvgIpc) is 3.59. The number of Topliss-reactive ketones (excluding diaryl/α,β-unsaturated/α-hetero) is 1. The highest BCUT2D eigenvalue weighted by atomic mass is 16.7. The Kier molecular flexibility index (Phi) is 10.7. The first kappa shape index (κ1) is 33.9. The Labute approximate surface area is 251 Å². The molecule has 16 nitrogen and oxygen atoms in total. The fourth-order valence-corrected chi connectivity index (χ4v) is 6.22. The Balaban J connectivity index is 1.54. The number of nitrogens with one attached hydrogen (secondary N) is 2. The Morgan fingerprint density at radius 1 is 1.14 bits per heavy atom. The van der Waals surface area contributed by atoms with Crippen molar-refractivity contribution in [1.29, 1.82) is 0 Å². The number of hydrogen-bond acceptors (Lipinski definition) is 14. The van der Waals surface area contributed by atoms with Crippen molar-refractivity contribution in [2.24, 2.45) is 33.8 Å². The number of ketones is 1. The number of nitrogens with two attached hydrogens (primary N) is 4. The molecule has 3 fully saturated rings. The molecule has 2 saturated carbocycles. The van der Waals surface area contributed by atoms with Gasteiger partial charge in [-0.3, -0.25) is 4.79 Å². The topological polar surface area (TPSA) is 275 Å². The average molecular weight is 616 g/mol. The maximum atomic E-state index is 13.3. The molecule has 0 spiro atoms. The fourth-order valence-electron chi connectivity index (χ4n) is 6.22. The van der Waals surface area contributed by atoms with Gasteiger partial charge in [0.15, 0.2) is 18.0 Å². The van der Waals surface area contributed by atoms with Gasteiger partial charge in [-0.15, -0.1) is 0 Å². The van der Waals surface area contributed by atoms with Gasteiger partial charge < -0.3 is 72.9 Å². The van der Waals surface area contributed by atoms with Crippen LogP contribution in [0.4, 0.5) is 0 Å². The van der Waals surface area contributed by atoms with E-state index in [1.165, 1.54) is 6.92 Å². The van der Waals surface area contributed by atoms with Crippen molar-refractivity contribution in [1.82, 2.24) is 10.6 Å². The molecule has 0 aromatic rings. The summed E-state index contributed by atoms with van der Waals surface area (Å²) in [6.07, 6.45) is -4.71. The molecular weight excluding hydrogens is 566 g/mol. The lowest BCUT2D eigenvalue weighted by atomic mass is 9.76. The minimum Gasteiger partial charge on any atom is -0.467 e. The number of carbonyl (C=O) groups is 1. The Morgan fingerprint density at radius 2 is 1.84 bits per heavy atom. The number of rotatable bonds is 12. The first-order valence-corrected chi connectivity index (χ1v) is 14.8. The summed E-state index contributed by atoms with van der Waals surface area (Å²) in [5.41, 5.74) is 20.5. The molecule has 4 aliphatic rings. The number of ether oxygens (including phenoxy) is 4. The highest BCUT2D eigenvalue weighted by Gasteiger charge is 2.60. The summed E-state index contributed by atoms with van der Waals surface area (Å²) >= 11 is 0. The van der Waals surface area contributed by atoms with E-state index in [9.17, 15) is 25.2 Å². The minimum atomic E-state index is -1.74. The molecule has 2 aliphatic carbocycles. The molecule has 2 heterocycles. The molecular formula is C27H49N7O9. The smallest absolute Gasteiger partial charge is 0.215 e. The van der Waals surface area contributed by atoms with Gasteiger partial charge >= 0.3 is 0 Å². The van der Waals surface area contributed by atoms with Gasteiger partial charge in [-0.2, -0.15) is 0 Å².